The van der Waals surface area contributed by atoms with E-state index in [1.165, 1.54) is 0 Å². The van der Waals surface area contributed by atoms with Gasteiger partial charge in [0, 0.05) is 25.0 Å². The lowest BCUT2D eigenvalue weighted by Crippen LogP contribution is -2.33. The van der Waals surface area contributed by atoms with Crippen molar-refractivity contribution in [1.82, 2.24) is 29.6 Å². The highest BCUT2D eigenvalue weighted by molar-refractivity contribution is 7.71. The summed E-state index contributed by atoms with van der Waals surface area (Å²) in [5.74, 6) is 1.87. The molecule has 8 nitrogen and oxygen atoms in total. The number of amides is 1. The van der Waals surface area contributed by atoms with Crippen LogP contribution >= 0.6 is 12.2 Å². The topological polar surface area (TPSA) is 89.8 Å². The van der Waals surface area contributed by atoms with Crippen LogP contribution in [-0.4, -0.2) is 37.3 Å². The number of nitrogens with zero attached hydrogens (tertiary/aromatic N) is 4. The Morgan fingerprint density at radius 1 is 1.25 bits per heavy atom. The molecule has 2 aromatic heterocycles. The van der Waals surface area contributed by atoms with Gasteiger partial charge in [0.2, 0.25) is 5.91 Å². The van der Waals surface area contributed by atoms with E-state index >= 15 is 0 Å². The molecule has 0 unspecified atom stereocenters. The van der Waals surface area contributed by atoms with Crippen molar-refractivity contribution in [2.75, 3.05) is 7.11 Å². The molecule has 0 bridgehead atoms. The Morgan fingerprint density at radius 2 is 2.03 bits per heavy atom. The normalized spacial score (nSPS) is 11.8. The van der Waals surface area contributed by atoms with E-state index in [0.717, 1.165) is 28.3 Å². The number of hydrogen-bond acceptors (Lipinski definition) is 5. The second-order valence-corrected chi connectivity index (χ2v) is 7.86. The number of ether oxygens (including phenoxy) is 1. The van der Waals surface area contributed by atoms with Crippen LogP contribution in [0.5, 0.6) is 5.75 Å². The predicted molar refractivity (Wildman–Crippen MR) is 124 cm³/mol. The number of carbonyl (C=O) groups is 1. The number of rotatable bonds is 7. The third kappa shape index (κ3) is 4.47. The van der Waals surface area contributed by atoms with E-state index in [2.05, 4.69) is 20.5 Å². The lowest BCUT2D eigenvalue weighted by Gasteiger charge is -2.20. The standard InChI is InChI=1S/C23H24N6O2S/c1-15-5-4-6-17(13-15)21-26-27-23(32)29(21)14-19(30)25-20(22-24-11-12-28(22)2)16-7-9-18(31-3)10-8-16/h4-13,20H,14H2,1-3H3,(H,25,30)(H,27,32)/t20-/m0/s1. The van der Waals surface area contributed by atoms with Crippen molar-refractivity contribution in [1.29, 1.82) is 0 Å². The second kappa shape index (κ2) is 9.19. The molecule has 0 saturated carbocycles. The summed E-state index contributed by atoms with van der Waals surface area (Å²) in [5, 5.41) is 10.2. The molecule has 9 heteroatoms. The highest BCUT2D eigenvalue weighted by atomic mass is 32.1. The zero-order valence-corrected chi connectivity index (χ0v) is 18.9. The average Bonchev–Trinajstić information content (AvgIpc) is 3.38. The highest BCUT2D eigenvalue weighted by Gasteiger charge is 2.22. The number of aromatic nitrogens is 5. The fraction of sp³-hybridized carbons (Fsp3) is 0.217. The first-order chi connectivity index (χ1) is 15.5. The third-order valence-electron chi connectivity index (χ3n) is 5.21. The van der Waals surface area contributed by atoms with Crippen molar-refractivity contribution >= 4 is 18.1 Å². The number of methoxy groups -OCH3 is 1. The Labute approximate surface area is 190 Å². The van der Waals surface area contributed by atoms with Gasteiger partial charge in [-0.05, 0) is 42.9 Å². The zero-order chi connectivity index (χ0) is 22.7. The van der Waals surface area contributed by atoms with Gasteiger partial charge in [-0.3, -0.25) is 14.5 Å². The van der Waals surface area contributed by atoms with Crippen molar-refractivity contribution in [2.24, 2.45) is 7.05 Å². The van der Waals surface area contributed by atoms with E-state index < -0.39 is 6.04 Å². The van der Waals surface area contributed by atoms with Gasteiger partial charge in [0.05, 0.1) is 7.11 Å². The highest BCUT2D eigenvalue weighted by Crippen LogP contribution is 2.23. The van der Waals surface area contributed by atoms with Crippen molar-refractivity contribution in [3.8, 4) is 17.1 Å². The number of benzene rings is 2. The average molecular weight is 449 g/mol. The van der Waals surface area contributed by atoms with Gasteiger partial charge in [-0.1, -0.05) is 35.9 Å². The Balaban J connectivity index is 1.62. The molecule has 0 aliphatic heterocycles. The molecule has 0 radical (unpaired) electrons. The molecular formula is C23H24N6O2S. The fourth-order valence-corrected chi connectivity index (χ4v) is 3.76. The maximum absolute atomic E-state index is 13.1. The minimum atomic E-state index is -0.433. The summed E-state index contributed by atoms with van der Waals surface area (Å²) < 4.78 is 9.22. The van der Waals surface area contributed by atoms with Crippen molar-refractivity contribution in [2.45, 2.75) is 19.5 Å². The molecule has 2 N–H and O–H groups in total. The Hall–Kier alpha value is -3.72. The molecule has 1 amide bonds. The smallest absolute Gasteiger partial charge is 0.240 e. The maximum Gasteiger partial charge on any atom is 0.240 e. The quantitative estimate of drug-likeness (QED) is 0.422. The summed E-state index contributed by atoms with van der Waals surface area (Å²) >= 11 is 5.39. The minimum Gasteiger partial charge on any atom is -0.497 e. The first-order valence-electron chi connectivity index (χ1n) is 10.1. The van der Waals surface area contributed by atoms with E-state index in [0.29, 0.717) is 10.6 Å². The van der Waals surface area contributed by atoms with Gasteiger partial charge in [0.1, 0.15) is 24.2 Å². The molecule has 0 fully saturated rings. The van der Waals surface area contributed by atoms with Crippen molar-refractivity contribution in [3.63, 3.8) is 0 Å². The number of aryl methyl sites for hydroxylation is 2. The summed E-state index contributed by atoms with van der Waals surface area (Å²) in [6.45, 7) is 2.03. The van der Waals surface area contributed by atoms with Crippen LogP contribution in [-0.2, 0) is 18.4 Å². The van der Waals surface area contributed by atoms with Gasteiger partial charge in [0.15, 0.2) is 10.6 Å². The molecule has 0 saturated heterocycles. The largest absolute Gasteiger partial charge is 0.497 e. The summed E-state index contributed by atoms with van der Waals surface area (Å²) in [4.78, 5) is 17.6. The number of nitrogens with one attached hydrogen (secondary N) is 2. The first-order valence-corrected chi connectivity index (χ1v) is 10.5. The van der Waals surface area contributed by atoms with Gasteiger partial charge in [0.25, 0.3) is 0 Å². The summed E-state index contributed by atoms with van der Waals surface area (Å²) in [6, 6.07) is 15.0. The molecule has 2 heterocycles. The van der Waals surface area contributed by atoms with Crippen LogP contribution in [0.25, 0.3) is 11.4 Å². The van der Waals surface area contributed by atoms with Crippen LogP contribution in [0, 0.1) is 11.7 Å². The van der Waals surface area contributed by atoms with Crippen LogP contribution in [0.1, 0.15) is 23.0 Å². The monoisotopic (exact) mass is 448 g/mol. The molecule has 0 spiro atoms. The Bertz CT molecular complexity index is 1290. The number of H-pyrrole nitrogens is 1. The predicted octanol–water partition coefficient (Wildman–Crippen LogP) is 3.56. The van der Waals surface area contributed by atoms with Crippen molar-refractivity contribution in [3.05, 3.63) is 82.6 Å². The fourth-order valence-electron chi connectivity index (χ4n) is 3.57. The van der Waals surface area contributed by atoms with E-state index in [4.69, 9.17) is 17.0 Å². The molecule has 1 atom stereocenters. The van der Waals surface area contributed by atoms with E-state index in [9.17, 15) is 4.79 Å². The molecule has 32 heavy (non-hydrogen) atoms. The third-order valence-corrected chi connectivity index (χ3v) is 5.52. The van der Waals surface area contributed by atoms with E-state index in [1.807, 2.05) is 73.3 Å². The minimum absolute atomic E-state index is 0.0235. The molecule has 0 aliphatic rings. The number of imidazole rings is 1. The van der Waals surface area contributed by atoms with E-state index in [-0.39, 0.29) is 12.5 Å². The van der Waals surface area contributed by atoms with Crippen LogP contribution in [0.4, 0.5) is 0 Å². The molecule has 0 aliphatic carbocycles. The van der Waals surface area contributed by atoms with E-state index in [1.54, 1.807) is 17.9 Å². The second-order valence-electron chi connectivity index (χ2n) is 7.48. The number of hydrogen-bond donors (Lipinski definition) is 2. The lowest BCUT2D eigenvalue weighted by atomic mass is 10.1. The van der Waals surface area contributed by atoms with Crippen LogP contribution in [0.3, 0.4) is 0 Å². The van der Waals surface area contributed by atoms with Gasteiger partial charge >= 0.3 is 0 Å². The van der Waals surface area contributed by atoms with Crippen molar-refractivity contribution < 1.29 is 9.53 Å². The lowest BCUT2D eigenvalue weighted by molar-refractivity contribution is -0.122. The Kier molecular flexibility index (Phi) is 6.18. The van der Waals surface area contributed by atoms with Crippen LogP contribution in [0.2, 0.25) is 0 Å². The summed E-state index contributed by atoms with van der Waals surface area (Å²) in [7, 11) is 3.51. The maximum atomic E-state index is 13.1. The van der Waals surface area contributed by atoms with Crippen LogP contribution in [0.15, 0.2) is 60.9 Å². The summed E-state index contributed by atoms with van der Waals surface area (Å²) in [5.41, 5.74) is 2.88. The SMILES string of the molecule is COc1ccc([C@H](NC(=O)Cn2c(-c3cccc(C)c3)n[nH]c2=S)c2nccn2C)cc1. The van der Waals surface area contributed by atoms with Gasteiger partial charge < -0.3 is 14.6 Å². The molecule has 164 valence electrons. The van der Waals surface area contributed by atoms with Gasteiger partial charge in [-0.25, -0.2) is 4.98 Å². The zero-order valence-electron chi connectivity index (χ0n) is 18.1. The summed E-state index contributed by atoms with van der Waals surface area (Å²) in [6.07, 6.45) is 3.56. The first kappa shape index (κ1) is 21.5. The van der Waals surface area contributed by atoms with Gasteiger partial charge in [-0.15, -0.1) is 0 Å². The number of aromatic amines is 1. The van der Waals surface area contributed by atoms with Gasteiger partial charge in [-0.2, -0.15) is 5.10 Å². The molecular weight excluding hydrogens is 424 g/mol. The number of carbonyl (C=O) groups excluding carboxylic acids is 1. The molecule has 2 aromatic carbocycles. The molecule has 4 rings (SSSR count). The Morgan fingerprint density at radius 3 is 2.69 bits per heavy atom. The molecule has 4 aromatic rings. The van der Waals surface area contributed by atoms with Crippen LogP contribution < -0.4 is 10.1 Å².